The summed E-state index contributed by atoms with van der Waals surface area (Å²) in [6.07, 6.45) is 1.63. The van der Waals surface area contributed by atoms with Gasteiger partial charge in [0.15, 0.2) is 5.69 Å². The Morgan fingerprint density at radius 3 is 2.44 bits per heavy atom. The zero-order valence-electron chi connectivity index (χ0n) is 10.5. The number of nitrogen functional groups attached to an aromatic ring is 1. The van der Waals surface area contributed by atoms with E-state index in [2.05, 4.69) is 5.10 Å². The molecule has 1 aromatic carbocycles. The van der Waals surface area contributed by atoms with Gasteiger partial charge in [-0.05, 0) is 30.5 Å². The molecule has 2 aromatic rings. The van der Waals surface area contributed by atoms with Crippen molar-refractivity contribution in [1.29, 1.82) is 0 Å². The number of primary amides is 1. The lowest BCUT2D eigenvalue weighted by molar-refractivity contribution is 0.0995. The monoisotopic (exact) mass is 244 g/mol. The molecule has 1 amide bonds. The summed E-state index contributed by atoms with van der Waals surface area (Å²) in [6.45, 7) is 4.67. The van der Waals surface area contributed by atoms with Crippen molar-refractivity contribution in [2.75, 3.05) is 5.73 Å². The van der Waals surface area contributed by atoms with Crippen LogP contribution in [-0.4, -0.2) is 15.7 Å². The highest BCUT2D eigenvalue weighted by Gasteiger charge is 2.12. The van der Waals surface area contributed by atoms with Gasteiger partial charge >= 0.3 is 0 Å². The Kier molecular flexibility index (Phi) is 3.06. The summed E-state index contributed by atoms with van der Waals surface area (Å²) in [5, 5.41) is 4.10. The first kappa shape index (κ1) is 12.2. The quantitative estimate of drug-likeness (QED) is 0.851. The zero-order chi connectivity index (χ0) is 13.3. The van der Waals surface area contributed by atoms with E-state index in [-0.39, 0.29) is 5.69 Å². The average Bonchev–Trinajstić information content (AvgIpc) is 2.65. The molecule has 94 valence electrons. The summed E-state index contributed by atoms with van der Waals surface area (Å²) in [6, 6.07) is 6.11. The molecule has 0 aliphatic rings. The molecular formula is C13H16N4O. The molecule has 0 unspecified atom stereocenters. The highest BCUT2D eigenvalue weighted by Crippen LogP contribution is 2.16. The van der Waals surface area contributed by atoms with Gasteiger partial charge in [-0.1, -0.05) is 18.2 Å². The number of amides is 1. The van der Waals surface area contributed by atoms with Gasteiger partial charge in [0.2, 0.25) is 0 Å². The molecule has 0 saturated carbocycles. The van der Waals surface area contributed by atoms with Crippen molar-refractivity contribution >= 4 is 11.6 Å². The van der Waals surface area contributed by atoms with E-state index in [9.17, 15) is 4.79 Å². The van der Waals surface area contributed by atoms with Crippen LogP contribution in [0.3, 0.4) is 0 Å². The first-order chi connectivity index (χ1) is 8.49. The number of carbonyl (C=O) groups is 1. The minimum absolute atomic E-state index is 0.126. The average molecular weight is 244 g/mol. The van der Waals surface area contributed by atoms with Crippen LogP contribution in [0, 0.1) is 13.8 Å². The first-order valence-electron chi connectivity index (χ1n) is 5.67. The lowest BCUT2D eigenvalue weighted by Gasteiger charge is -2.09. The van der Waals surface area contributed by atoms with Crippen molar-refractivity contribution in [3.8, 4) is 0 Å². The Bertz CT molecular complexity index is 581. The molecule has 0 radical (unpaired) electrons. The van der Waals surface area contributed by atoms with E-state index in [4.69, 9.17) is 11.5 Å². The second-order valence-electron chi connectivity index (χ2n) is 4.37. The van der Waals surface area contributed by atoms with Gasteiger partial charge in [0.25, 0.3) is 5.91 Å². The summed E-state index contributed by atoms with van der Waals surface area (Å²) in [5.74, 6) is -0.604. The largest absolute Gasteiger partial charge is 0.396 e. The van der Waals surface area contributed by atoms with E-state index < -0.39 is 5.91 Å². The second kappa shape index (κ2) is 4.52. The molecule has 0 spiro atoms. The third-order valence-corrected chi connectivity index (χ3v) is 2.99. The van der Waals surface area contributed by atoms with Crippen molar-refractivity contribution < 1.29 is 4.79 Å². The fourth-order valence-corrected chi connectivity index (χ4v) is 1.97. The number of rotatable bonds is 3. The van der Waals surface area contributed by atoms with Crippen molar-refractivity contribution in [2.45, 2.75) is 20.4 Å². The number of benzene rings is 1. The maximum Gasteiger partial charge on any atom is 0.271 e. The molecule has 0 atom stereocenters. The van der Waals surface area contributed by atoms with Crippen LogP contribution in [0.4, 0.5) is 5.69 Å². The van der Waals surface area contributed by atoms with Crippen molar-refractivity contribution in [3.63, 3.8) is 0 Å². The van der Waals surface area contributed by atoms with E-state index in [1.807, 2.05) is 32.0 Å². The minimum Gasteiger partial charge on any atom is -0.396 e. The normalized spacial score (nSPS) is 10.6. The Labute approximate surface area is 105 Å². The predicted octanol–water partition coefficient (Wildman–Crippen LogP) is 1.23. The number of hydrogen-bond donors (Lipinski definition) is 2. The van der Waals surface area contributed by atoms with Gasteiger partial charge < -0.3 is 11.5 Å². The number of nitrogens with two attached hydrogens (primary N) is 2. The summed E-state index contributed by atoms with van der Waals surface area (Å²) in [7, 11) is 0. The van der Waals surface area contributed by atoms with Crippen LogP contribution in [-0.2, 0) is 6.54 Å². The molecular weight excluding hydrogens is 228 g/mol. The standard InChI is InChI=1S/C13H16N4O/c1-8-4-3-5-9(2)10(8)6-17-7-11(14)12(16-17)13(15)18/h3-5,7H,6,14H2,1-2H3,(H2,15,18). The molecule has 0 aliphatic heterocycles. The molecule has 0 bridgehead atoms. The van der Waals surface area contributed by atoms with Gasteiger partial charge in [-0.25, -0.2) is 0 Å². The summed E-state index contributed by atoms with van der Waals surface area (Å²) >= 11 is 0. The third kappa shape index (κ3) is 2.20. The van der Waals surface area contributed by atoms with Crippen molar-refractivity contribution in [3.05, 3.63) is 46.8 Å². The van der Waals surface area contributed by atoms with Gasteiger partial charge in [0, 0.05) is 6.20 Å². The van der Waals surface area contributed by atoms with E-state index >= 15 is 0 Å². The van der Waals surface area contributed by atoms with Crippen LogP contribution in [0.5, 0.6) is 0 Å². The van der Waals surface area contributed by atoms with Gasteiger partial charge in [0.1, 0.15) is 0 Å². The summed E-state index contributed by atoms with van der Waals surface area (Å²) in [4.78, 5) is 11.1. The minimum atomic E-state index is -0.604. The van der Waals surface area contributed by atoms with Crippen molar-refractivity contribution in [1.82, 2.24) is 9.78 Å². The number of nitrogens with zero attached hydrogens (tertiary/aromatic N) is 2. The fraction of sp³-hybridized carbons (Fsp3) is 0.231. The summed E-state index contributed by atoms with van der Waals surface area (Å²) < 4.78 is 1.64. The molecule has 0 saturated heterocycles. The number of anilines is 1. The zero-order valence-corrected chi connectivity index (χ0v) is 10.5. The molecule has 0 fully saturated rings. The second-order valence-corrected chi connectivity index (χ2v) is 4.37. The maximum atomic E-state index is 11.1. The number of carbonyl (C=O) groups excluding carboxylic acids is 1. The van der Waals surface area contributed by atoms with Crippen LogP contribution in [0.25, 0.3) is 0 Å². The molecule has 1 heterocycles. The SMILES string of the molecule is Cc1cccc(C)c1Cn1cc(N)c(C(N)=O)n1. The van der Waals surface area contributed by atoms with Gasteiger partial charge in [-0.3, -0.25) is 9.48 Å². The van der Waals surface area contributed by atoms with E-state index in [1.54, 1.807) is 10.9 Å². The van der Waals surface area contributed by atoms with Crippen LogP contribution >= 0.6 is 0 Å². The molecule has 5 heteroatoms. The van der Waals surface area contributed by atoms with E-state index in [0.717, 1.165) is 0 Å². The Balaban J connectivity index is 2.35. The number of aryl methyl sites for hydroxylation is 2. The predicted molar refractivity (Wildman–Crippen MR) is 70.2 cm³/mol. The molecule has 1 aromatic heterocycles. The van der Waals surface area contributed by atoms with Crippen LogP contribution < -0.4 is 11.5 Å². The Hall–Kier alpha value is -2.30. The highest BCUT2D eigenvalue weighted by atomic mass is 16.1. The Morgan fingerprint density at radius 2 is 1.94 bits per heavy atom. The van der Waals surface area contributed by atoms with Crippen LogP contribution in [0.1, 0.15) is 27.2 Å². The molecule has 4 N–H and O–H groups in total. The van der Waals surface area contributed by atoms with Crippen LogP contribution in [0.2, 0.25) is 0 Å². The summed E-state index contributed by atoms with van der Waals surface area (Å²) in [5.41, 5.74) is 14.9. The lowest BCUT2D eigenvalue weighted by atomic mass is 10.0. The van der Waals surface area contributed by atoms with Gasteiger partial charge in [-0.15, -0.1) is 0 Å². The fourth-order valence-electron chi connectivity index (χ4n) is 1.97. The van der Waals surface area contributed by atoms with Crippen molar-refractivity contribution in [2.24, 2.45) is 5.73 Å². The number of hydrogen-bond acceptors (Lipinski definition) is 3. The molecule has 5 nitrogen and oxygen atoms in total. The van der Waals surface area contributed by atoms with Gasteiger partial charge in [0.05, 0.1) is 12.2 Å². The third-order valence-electron chi connectivity index (χ3n) is 2.99. The Morgan fingerprint density at radius 1 is 1.33 bits per heavy atom. The van der Waals surface area contributed by atoms with Gasteiger partial charge in [-0.2, -0.15) is 5.10 Å². The van der Waals surface area contributed by atoms with Crippen LogP contribution in [0.15, 0.2) is 24.4 Å². The van der Waals surface area contributed by atoms with E-state index in [0.29, 0.717) is 12.2 Å². The highest BCUT2D eigenvalue weighted by molar-refractivity contribution is 5.95. The first-order valence-corrected chi connectivity index (χ1v) is 5.67. The molecule has 18 heavy (non-hydrogen) atoms. The lowest BCUT2D eigenvalue weighted by Crippen LogP contribution is -2.14. The maximum absolute atomic E-state index is 11.1. The van der Waals surface area contributed by atoms with E-state index in [1.165, 1.54) is 16.7 Å². The molecule has 0 aliphatic carbocycles. The number of aromatic nitrogens is 2. The smallest absolute Gasteiger partial charge is 0.271 e. The topological polar surface area (TPSA) is 86.9 Å². The molecule has 2 rings (SSSR count).